The number of hydrogen-bond donors (Lipinski definition) is 1. The number of rotatable bonds is 2. The van der Waals surface area contributed by atoms with Crippen LogP contribution in [0.1, 0.15) is 50.2 Å². The lowest BCUT2D eigenvalue weighted by molar-refractivity contribution is 0.100. The monoisotopic (exact) mass is 244 g/mol. The third kappa shape index (κ3) is 2.15. The van der Waals surface area contributed by atoms with E-state index in [1.54, 1.807) is 0 Å². The van der Waals surface area contributed by atoms with Crippen LogP contribution in [0, 0.1) is 5.92 Å². The maximum Gasteiger partial charge on any atom is 0.0854 e. The van der Waals surface area contributed by atoms with Crippen LogP contribution in [-0.2, 0) is 0 Å². The lowest BCUT2D eigenvalue weighted by atomic mass is 9.90. The van der Waals surface area contributed by atoms with E-state index >= 15 is 0 Å². The van der Waals surface area contributed by atoms with Gasteiger partial charge in [0.1, 0.15) is 0 Å². The van der Waals surface area contributed by atoms with Crippen molar-refractivity contribution in [2.75, 3.05) is 0 Å². The van der Waals surface area contributed by atoms with Crippen molar-refractivity contribution in [3.63, 3.8) is 0 Å². The summed E-state index contributed by atoms with van der Waals surface area (Å²) in [5.74, 6) is 0.403. The molecule has 0 amide bonds. The van der Waals surface area contributed by atoms with E-state index < -0.39 is 0 Å². The molecule has 0 aromatic carbocycles. The van der Waals surface area contributed by atoms with Gasteiger partial charge in [0, 0.05) is 11.8 Å². The predicted octanol–water partition coefficient (Wildman–Crippen LogP) is 3.34. The highest BCUT2D eigenvalue weighted by Crippen LogP contribution is 2.34. The van der Waals surface area contributed by atoms with E-state index in [0.717, 1.165) is 23.9 Å². The first-order chi connectivity index (χ1) is 8.86. The summed E-state index contributed by atoms with van der Waals surface area (Å²) in [7, 11) is 0. The molecule has 0 bridgehead atoms. The van der Waals surface area contributed by atoms with Gasteiger partial charge in [0.25, 0.3) is 0 Å². The highest BCUT2D eigenvalue weighted by molar-refractivity contribution is 5.54. The van der Waals surface area contributed by atoms with Crippen LogP contribution in [0.5, 0.6) is 0 Å². The molecule has 1 aliphatic carbocycles. The number of aromatic nitrogens is 2. The second-order valence-electron chi connectivity index (χ2n) is 5.33. The van der Waals surface area contributed by atoms with E-state index in [0.29, 0.717) is 5.92 Å². The summed E-state index contributed by atoms with van der Waals surface area (Å²) < 4.78 is 1.84. The Bertz CT molecular complexity index is 512. The minimum atomic E-state index is -0.358. The summed E-state index contributed by atoms with van der Waals surface area (Å²) in [6, 6.07) is 5.99. The summed E-state index contributed by atoms with van der Waals surface area (Å²) in [5, 5.41) is 14.9. The molecule has 18 heavy (non-hydrogen) atoms. The number of nitrogens with zero attached hydrogens (tertiary/aromatic N) is 2. The molecule has 1 saturated carbocycles. The van der Waals surface area contributed by atoms with Gasteiger partial charge < -0.3 is 5.11 Å². The molecular formula is C15H20N2O. The minimum Gasteiger partial charge on any atom is -0.388 e. The van der Waals surface area contributed by atoms with Crippen LogP contribution in [-0.4, -0.2) is 14.7 Å². The molecule has 3 rings (SSSR count). The number of fused-ring (bicyclic) bond motifs is 1. The second-order valence-corrected chi connectivity index (χ2v) is 5.33. The third-order valence-corrected chi connectivity index (χ3v) is 4.12. The van der Waals surface area contributed by atoms with Crippen molar-refractivity contribution < 1.29 is 5.11 Å². The summed E-state index contributed by atoms with van der Waals surface area (Å²) in [6.45, 7) is 0. The fourth-order valence-electron chi connectivity index (χ4n) is 3.06. The first kappa shape index (κ1) is 11.7. The average Bonchev–Trinajstić information content (AvgIpc) is 2.65. The van der Waals surface area contributed by atoms with Crippen LogP contribution in [0.25, 0.3) is 5.52 Å². The van der Waals surface area contributed by atoms with Crippen LogP contribution in [0.4, 0.5) is 0 Å². The lowest BCUT2D eigenvalue weighted by Gasteiger charge is -2.20. The van der Waals surface area contributed by atoms with Crippen molar-refractivity contribution in [1.29, 1.82) is 0 Å². The smallest absolute Gasteiger partial charge is 0.0854 e. The van der Waals surface area contributed by atoms with Gasteiger partial charge in [-0.1, -0.05) is 31.7 Å². The minimum absolute atomic E-state index is 0.358. The standard InChI is InChI=1S/C15H20N2O/c18-15(12-7-3-1-2-4-8-12)13-11-16-17-10-6-5-9-14(13)17/h5-6,9-12,15,18H,1-4,7-8H2. The molecule has 1 unspecified atom stereocenters. The van der Waals surface area contributed by atoms with Gasteiger partial charge in [-0.15, -0.1) is 0 Å². The topological polar surface area (TPSA) is 37.5 Å². The van der Waals surface area contributed by atoms with Crippen molar-refractivity contribution in [2.45, 2.75) is 44.6 Å². The number of aliphatic hydroxyl groups excluding tert-OH is 1. The summed E-state index contributed by atoms with van der Waals surface area (Å²) in [6.07, 6.45) is 10.8. The van der Waals surface area contributed by atoms with Crippen molar-refractivity contribution in [2.24, 2.45) is 5.92 Å². The second kappa shape index (κ2) is 5.11. The van der Waals surface area contributed by atoms with E-state index in [1.807, 2.05) is 35.1 Å². The van der Waals surface area contributed by atoms with E-state index in [1.165, 1.54) is 25.7 Å². The third-order valence-electron chi connectivity index (χ3n) is 4.12. The van der Waals surface area contributed by atoms with Gasteiger partial charge in [-0.2, -0.15) is 5.10 Å². The zero-order valence-corrected chi connectivity index (χ0v) is 10.6. The van der Waals surface area contributed by atoms with Crippen molar-refractivity contribution in [3.05, 3.63) is 36.2 Å². The molecular weight excluding hydrogens is 224 g/mol. The molecule has 1 atom stereocenters. The van der Waals surface area contributed by atoms with Gasteiger partial charge in [0.15, 0.2) is 0 Å². The van der Waals surface area contributed by atoms with E-state index in [9.17, 15) is 5.11 Å². The zero-order chi connectivity index (χ0) is 12.4. The summed E-state index contributed by atoms with van der Waals surface area (Å²) in [5.41, 5.74) is 2.02. The summed E-state index contributed by atoms with van der Waals surface area (Å²) >= 11 is 0. The van der Waals surface area contributed by atoms with Gasteiger partial charge in [0.05, 0.1) is 17.8 Å². The first-order valence-corrected chi connectivity index (χ1v) is 6.96. The Morgan fingerprint density at radius 2 is 1.94 bits per heavy atom. The summed E-state index contributed by atoms with van der Waals surface area (Å²) in [4.78, 5) is 0. The van der Waals surface area contributed by atoms with Gasteiger partial charge in [-0.3, -0.25) is 0 Å². The molecule has 3 heteroatoms. The molecule has 2 aromatic rings. The molecule has 0 spiro atoms. The predicted molar refractivity (Wildman–Crippen MR) is 71.3 cm³/mol. The Morgan fingerprint density at radius 1 is 1.17 bits per heavy atom. The first-order valence-electron chi connectivity index (χ1n) is 6.96. The van der Waals surface area contributed by atoms with Crippen molar-refractivity contribution >= 4 is 5.52 Å². The van der Waals surface area contributed by atoms with Crippen LogP contribution in [0.3, 0.4) is 0 Å². The zero-order valence-electron chi connectivity index (χ0n) is 10.6. The van der Waals surface area contributed by atoms with Gasteiger partial charge in [0.2, 0.25) is 0 Å². The van der Waals surface area contributed by atoms with E-state index in [-0.39, 0.29) is 6.10 Å². The van der Waals surface area contributed by atoms with Crippen LogP contribution in [0.15, 0.2) is 30.6 Å². The molecule has 1 N–H and O–H groups in total. The van der Waals surface area contributed by atoms with Gasteiger partial charge in [-0.25, -0.2) is 4.52 Å². The Kier molecular flexibility index (Phi) is 3.33. The Morgan fingerprint density at radius 3 is 2.72 bits per heavy atom. The highest BCUT2D eigenvalue weighted by atomic mass is 16.3. The Labute approximate surface area is 107 Å². The maximum absolute atomic E-state index is 10.6. The Hall–Kier alpha value is -1.35. The lowest BCUT2D eigenvalue weighted by Crippen LogP contribution is -2.11. The number of pyridine rings is 1. The van der Waals surface area contributed by atoms with Crippen LogP contribution >= 0.6 is 0 Å². The Balaban J connectivity index is 1.88. The largest absolute Gasteiger partial charge is 0.388 e. The average molecular weight is 244 g/mol. The van der Waals surface area contributed by atoms with Crippen LogP contribution in [0.2, 0.25) is 0 Å². The maximum atomic E-state index is 10.6. The molecule has 2 heterocycles. The molecule has 96 valence electrons. The normalized spacial score (nSPS) is 19.8. The molecule has 0 radical (unpaired) electrons. The van der Waals surface area contributed by atoms with E-state index in [4.69, 9.17) is 0 Å². The van der Waals surface area contributed by atoms with Crippen molar-refractivity contribution in [1.82, 2.24) is 9.61 Å². The molecule has 3 nitrogen and oxygen atoms in total. The quantitative estimate of drug-likeness (QED) is 0.823. The fourth-order valence-corrected chi connectivity index (χ4v) is 3.06. The molecule has 0 aliphatic heterocycles. The molecule has 1 fully saturated rings. The highest BCUT2D eigenvalue weighted by Gasteiger charge is 2.24. The molecule has 2 aromatic heterocycles. The molecule has 0 saturated heterocycles. The van der Waals surface area contributed by atoms with E-state index in [2.05, 4.69) is 5.10 Å². The molecule has 1 aliphatic rings. The number of aliphatic hydroxyl groups is 1. The van der Waals surface area contributed by atoms with Gasteiger partial charge >= 0.3 is 0 Å². The van der Waals surface area contributed by atoms with Crippen molar-refractivity contribution in [3.8, 4) is 0 Å². The van der Waals surface area contributed by atoms with Gasteiger partial charge in [-0.05, 0) is 30.9 Å². The van der Waals surface area contributed by atoms with Crippen LogP contribution < -0.4 is 0 Å². The fraction of sp³-hybridized carbons (Fsp3) is 0.533. The SMILES string of the molecule is OC(c1cnn2ccccc12)C1CCCCCC1. The number of hydrogen-bond acceptors (Lipinski definition) is 2.